The van der Waals surface area contributed by atoms with Gasteiger partial charge in [0.2, 0.25) is 5.91 Å². The van der Waals surface area contributed by atoms with Crippen molar-refractivity contribution in [3.8, 4) is 12.3 Å². The number of nitrogens with one attached hydrogen (secondary N) is 1. The third kappa shape index (κ3) is 3.59. The third-order valence-corrected chi connectivity index (χ3v) is 6.29. The highest BCUT2D eigenvalue weighted by molar-refractivity contribution is 7.09. The molecule has 1 aliphatic heterocycles. The highest BCUT2D eigenvalue weighted by atomic mass is 32.1. The van der Waals surface area contributed by atoms with E-state index in [4.69, 9.17) is 6.42 Å². The lowest BCUT2D eigenvalue weighted by atomic mass is 9.92. The van der Waals surface area contributed by atoms with Gasteiger partial charge in [-0.25, -0.2) is 4.98 Å². The van der Waals surface area contributed by atoms with Crippen molar-refractivity contribution in [2.24, 2.45) is 5.92 Å². The minimum absolute atomic E-state index is 0.113. The predicted molar refractivity (Wildman–Crippen MR) is 93.1 cm³/mol. The minimum Gasteiger partial charge on any atom is -0.344 e. The van der Waals surface area contributed by atoms with Gasteiger partial charge in [-0.15, -0.1) is 17.8 Å². The number of hydrogen-bond donors (Lipinski definition) is 1. The molecule has 1 aliphatic carbocycles. The molecule has 1 aromatic heterocycles. The maximum Gasteiger partial charge on any atom is 0.223 e. The number of aromatic nitrogens is 1. The van der Waals surface area contributed by atoms with Crippen LogP contribution in [0.3, 0.4) is 0 Å². The Bertz CT molecular complexity index is 590. The van der Waals surface area contributed by atoms with Crippen molar-refractivity contribution in [1.29, 1.82) is 0 Å². The van der Waals surface area contributed by atoms with Gasteiger partial charge in [-0.3, -0.25) is 9.69 Å². The molecule has 23 heavy (non-hydrogen) atoms. The number of terminal acetylenes is 1. The van der Waals surface area contributed by atoms with E-state index in [-0.39, 0.29) is 17.4 Å². The molecule has 0 radical (unpaired) electrons. The van der Waals surface area contributed by atoms with Gasteiger partial charge in [0, 0.05) is 17.0 Å². The second-order valence-electron chi connectivity index (χ2n) is 6.83. The fourth-order valence-corrected chi connectivity index (χ4v) is 4.78. The van der Waals surface area contributed by atoms with Crippen LogP contribution in [0.4, 0.5) is 0 Å². The van der Waals surface area contributed by atoms with E-state index in [1.807, 2.05) is 6.92 Å². The van der Waals surface area contributed by atoms with Crippen molar-refractivity contribution in [1.82, 2.24) is 15.2 Å². The summed E-state index contributed by atoms with van der Waals surface area (Å²) in [4.78, 5) is 19.7. The standard InChI is InChI=1S/C18H25N3OS/c1-3-10-21-11-6-15(7-12-21)16(22)20-18(8-4-5-9-18)17-19-14(2)13-23-17/h1,13,15H,4-12H2,2H3,(H,20,22). The number of hydrogen-bond acceptors (Lipinski definition) is 4. The summed E-state index contributed by atoms with van der Waals surface area (Å²) in [6, 6.07) is 0. The van der Waals surface area contributed by atoms with Crippen LogP contribution in [0.1, 0.15) is 49.2 Å². The normalized spacial score (nSPS) is 21.9. The molecule has 0 atom stereocenters. The van der Waals surface area contributed by atoms with Gasteiger partial charge in [-0.2, -0.15) is 0 Å². The first-order valence-electron chi connectivity index (χ1n) is 8.53. The average Bonchev–Trinajstić information content (AvgIpc) is 3.18. The van der Waals surface area contributed by atoms with E-state index in [1.54, 1.807) is 11.3 Å². The molecule has 4 nitrogen and oxygen atoms in total. The molecular formula is C18H25N3OS. The number of rotatable bonds is 4. The van der Waals surface area contributed by atoms with Gasteiger partial charge in [-0.05, 0) is 45.7 Å². The molecule has 1 amide bonds. The predicted octanol–water partition coefficient (Wildman–Crippen LogP) is 2.68. The molecule has 1 aromatic rings. The Morgan fingerprint density at radius 1 is 1.48 bits per heavy atom. The second-order valence-corrected chi connectivity index (χ2v) is 7.69. The van der Waals surface area contributed by atoms with Crippen LogP contribution in [0, 0.1) is 25.2 Å². The Kier molecular flexibility index (Phi) is 5.03. The number of piperidine rings is 1. The van der Waals surface area contributed by atoms with E-state index in [0.29, 0.717) is 6.54 Å². The fourth-order valence-electron chi connectivity index (χ4n) is 3.76. The van der Waals surface area contributed by atoms with E-state index in [1.165, 1.54) is 12.8 Å². The summed E-state index contributed by atoms with van der Waals surface area (Å²) in [5, 5.41) is 6.56. The van der Waals surface area contributed by atoms with Gasteiger partial charge in [0.05, 0.1) is 12.1 Å². The molecule has 1 N–H and O–H groups in total. The summed E-state index contributed by atoms with van der Waals surface area (Å²) in [6.45, 7) is 4.56. The van der Waals surface area contributed by atoms with Crippen LogP contribution in [-0.2, 0) is 10.3 Å². The topological polar surface area (TPSA) is 45.2 Å². The molecule has 2 aliphatic rings. The molecular weight excluding hydrogens is 306 g/mol. The van der Waals surface area contributed by atoms with E-state index in [9.17, 15) is 4.79 Å². The Labute approximate surface area is 142 Å². The minimum atomic E-state index is -0.216. The van der Waals surface area contributed by atoms with Crippen LogP contribution in [-0.4, -0.2) is 35.4 Å². The lowest BCUT2D eigenvalue weighted by Crippen LogP contribution is -2.48. The molecule has 3 rings (SSSR count). The first kappa shape index (κ1) is 16.5. The largest absolute Gasteiger partial charge is 0.344 e. The molecule has 1 saturated heterocycles. The molecule has 0 unspecified atom stereocenters. The molecule has 1 saturated carbocycles. The van der Waals surface area contributed by atoms with Crippen LogP contribution in [0.5, 0.6) is 0 Å². The summed E-state index contributed by atoms with van der Waals surface area (Å²) in [5.74, 6) is 3.01. The van der Waals surface area contributed by atoms with Gasteiger partial charge in [0.15, 0.2) is 0 Å². The highest BCUT2D eigenvalue weighted by Crippen LogP contribution is 2.40. The van der Waals surface area contributed by atoms with Crippen LogP contribution >= 0.6 is 11.3 Å². The molecule has 0 bridgehead atoms. The number of aryl methyl sites for hydroxylation is 1. The van der Waals surface area contributed by atoms with Gasteiger partial charge in [0.25, 0.3) is 0 Å². The molecule has 2 fully saturated rings. The lowest BCUT2D eigenvalue weighted by Gasteiger charge is -2.34. The van der Waals surface area contributed by atoms with E-state index < -0.39 is 0 Å². The maximum absolute atomic E-state index is 12.8. The van der Waals surface area contributed by atoms with Gasteiger partial charge in [-0.1, -0.05) is 18.8 Å². The van der Waals surface area contributed by atoms with Gasteiger partial charge in [0.1, 0.15) is 5.01 Å². The van der Waals surface area contributed by atoms with Gasteiger partial charge < -0.3 is 5.32 Å². The van der Waals surface area contributed by atoms with Gasteiger partial charge >= 0.3 is 0 Å². The number of carbonyl (C=O) groups excluding carboxylic acids is 1. The number of amides is 1. The quantitative estimate of drug-likeness (QED) is 0.863. The van der Waals surface area contributed by atoms with E-state index in [2.05, 4.69) is 26.5 Å². The SMILES string of the molecule is C#CCN1CCC(C(=O)NC2(c3nc(C)cs3)CCCC2)CC1. The summed E-state index contributed by atoms with van der Waals surface area (Å²) < 4.78 is 0. The summed E-state index contributed by atoms with van der Waals surface area (Å²) in [5.41, 5.74) is 0.833. The number of thiazole rings is 1. The number of likely N-dealkylation sites (tertiary alicyclic amines) is 1. The van der Waals surface area contributed by atoms with Crippen molar-refractivity contribution in [3.63, 3.8) is 0 Å². The maximum atomic E-state index is 12.8. The molecule has 5 heteroatoms. The monoisotopic (exact) mass is 331 g/mol. The summed E-state index contributed by atoms with van der Waals surface area (Å²) >= 11 is 1.69. The average molecular weight is 331 g/mol. The Balaban J connectivity index is 1.65. The van der Waals surface area contributed by atoms with Crippen molar-refractivity contribution in [2.45, 2.75) is 51.0 Å². The molecule has 0 spiro atoms. The zero-order chi connectivity index (χ0) is 16.3. The van der Waals surface area contributed by atoms with Crippen molar-refractivity contribution < 1.29 is 4.79 Å². The first-order chi connectivity index (χ1) is 11.1. The van der Waals surface area contributed by atoms with E-state index >= 15 is 0 Å². The third-order valence-electron chi connectivity index (χ3n) is 5.12. The van der Waals surface area contributed by atoms with Crippen molar-refractivity contribution >= 4 is 17.2 Å². The molecule has 0 aromatic carbocycles. The van der Waals surface area contributed by atoms with Crippen molar-refractivity contribution in [2.75, 3.05) is 19.6 Å². The number of carbonyl (C=O) groups is 1. The van der Waals surface area contributed by atoms with Crippen LogP contribution in [0.2, 0.25) is 0 Å². The fraction of sp³-hybridized carbons (Fsp3) is 0.667. The summed E-state index contributed by atoms with van der Waals surface area (Å²) in [6.07, 6.45) is 11.5. The first-order valence-corrected chi connectivity index (χ1v) is 9.41. The number of nitrogens with zero attached hydrogens (tertiary/aromatic N) is 2. The molecule has 124 valence electrons. The molecule has 2 heterocycles. The Morgan fingerprint density at radius 2 is 2.17 bits per heavy atom. The lowest BCUT2D eigenvalue weighted by molar-refractivity contribution is -0.128. The zero-order valence-corrected chi connectivity index (χ0v) is 14.6. The van der Waals surface area contributed by atoms with Crippen molar-refractivity contribution in [3.05, 3.63) is 16.1 Å². The van der Waals surface area contributed by atoms with Crippen LogP contribution in [0.15, 0.2) is 5.38 Å². The highest BCUT2D eigenvalue weighted by Gasteiger charge is 2.41. The van der Waals surface area contributed by atoms with Crippen LogP contribution < -0.4 is 5.32 Å². The van der Waals surface area contributed by atoms with E-state index in [0.717, 1.165) is 49.5 Å². The van der Waals surface area contributed by atoms with Crippen LogP contribution in [0.25, 0.3) is 0 Å². The zero-order valence-electron chi connectivity index (χ0n) is 13.8. The smallest absolute Gasteiger partial charge is 0.223 e. The second kappa shape index (κ2) is 7.02. The summed E-state index contributed by atoms with van der Waals surface area (Å²) in [7, 11) is 0. The Morgan fingerprint density at radius 3 is 2.74 bits per heavy atom. The Hall–Kier alpha value is -1.38.